The lowest BCUT2D eigenvalue weighted by Gasteiger charge is -2.09. The SMILES string of the molecule is CC(BC#N)Cc1ccc(OCc2ccccc2)cc1. The van der Waals surface area contributed by atoms with Crippen LogP contribution in [0.4, 0.5) is 0 Å². The Hall–Kier alpha value is -2.21. The van der Waals surface area contributed by atoms with Crippen molar-refractivity contribution in [3.05, 3.63) is 65.7 Å². The van der Waals surface area contributed by atoms with Gasteiger partial charge < -0.3 is 4.74 Å². The van der Waals surface area contributed by atoms with E-state index in [2.05, 4.69) is 37.2 Å². The molecule has 0 aromatic heterocycles. The molecule has 2 aromatic carbocycles. The second-order valence-electron chi connectivity index (χ2n) is 5.09. The maximum Gasteiger partial charge on any atom is 0.253 e. The zero-order chi connectivity index (χ0) is 14.2. The summed E-state index contributed by atoms with van der Waals surface area (Å²) >= 11 is 0. The van der Waals surface area contributed by atoms with Gasteiger partial charge in [0.25, 0.3) is 7.28 Å². The molecule has 20 heavy (non-hydrogen) atoms. The highest BCUT2D eigenvalue weighted by Crippen LogP contribution is 2.17. The quantitative estimate of drug-likeness (QED) is 0.747. The summed E-state index contributed by atoms with van der Waals surface area (Å²) in [6.45, 7) is 2.69. The fraction of sp³-hybridized carbons (Fsp3) is 0.235. The van der Waals surface area contributed by atoms with E-state index in [1.807, 2.05) is 30.3 Å². The fourth-order valence-corrected chi connectivity index (χ4v) is 2.09. The smallest absolute Gasteiger partial charge is 0.253 e. The molecule has 2 rings (SSSR count). The predicted octanol–water partition coefficient (Wildman–Crippen LogP) is 3.53. The Morgan fingerprint density at radius 2 is 1.75 bits per heavy atom. The minimum atomic E-state index is 0.399. The van der Waals surface area contributed by atoms with E-state index < -0.39 is 0 Å². The third-order valence-corrected chi connectivity index (χ3v) is 3.20. The minimum absolute atomic E-state index is 0.399. The van der Waals surface area contributed by atoms with Crippen LogP contribution < -0.4 is 4.74 Å². The molecule has 0 saturated heterocycles. The molecule has 1 atom stereocenters. The van der Waals surface area contributed by atoms with Crippen LogP contribution in [0.1, 0.15) is 18.1 Å². The summed E-state index contributed by atoms with van der Waals surface area (Å²) in [5.41, 5.74) is 2.42. The molecule has 0 spiro atoms. The highest BCUT2D eigenvalue weighted by molar-refractivity contribution is 6.46. The Bertz CT molecular complexity index is 560. The van der Waals surface area contributed by atoms with Crippen molar-refractivity contribution in [1.29, 1.82) is 5.26 Å². The van der Waals surface area contributed by atoms with Crippen molar-refractivity contribution in [1.82, 2.24) is 0 Å². The first-order valence-electron chi connectivity index (χ1n) is 6.90. The highest BCUT2D eigenvalue weighted by atomic mass is 16.5. The Balaban J connectivity index is 1.87. The molecule has 100 valence electrons. The van der Waals surface area contributed by atoms with Crippen molar-refractivity contribution in [2.45, 2.75) is 25.8 Å². The second-order valence-corrected chi connectivity index (χ2v) is 5.09. The maximum atomic E-state index is 8.67. The molecule has 0 heterocycles. The van der Waals surface area contributed by atoms with E-state index >= 15 is 0 Å². The van der Waals surface area contributed by atoms with Crippen LogP contribution in [0.15, 0.2) is 54.6 Å². The summed E-state index contributed by atoms with van der Waals surface area (Å²) in [4.78, 5) is 0. The molecule has 2 aromatic rings. The number of rotatable bonds is 6. The van der Waals surface area contributed by atoms with Gasteiger partial charge in [0.2, 0.25) is 0 Å². The van der Waals surface area contributed by atoms with E-state index in [0.717, 1.165) is 12.2 Å². The standard InChI is InChI=1S/C17H18BNO/c1-14(18-13-19)11-15-7-9-17(10-8-15)20-12-16-5-3-2-4-6-16/h2-10,14,18H,11-12H2,1H3. The van der Waals surface area contributed by atoms with Crippen LogP contribution in [-0.2, 0) is 13.0 Å². The van der Waals surface area contributed by atoms with Gasteiger partial charge in [-0.15, -0.1) is 0 Å². The van der Waals surface area contributed by atoms with Crippen LogP contribution in [0.3, 0.4) is 0 Å². The number of hydrogen-bond acceptors (Lipinski definition) is 2. The number of ether oxygens (including phenoxy) is 1. The highest BCUT2D eigenvalue weighted by Gasteiger charge is 2.05. The van der Waals surface area contributed by atoms with Crippen LogP contribution in [0, 0.1) is 11.2 Å². The largest absolute Gasteiger partial charge is 0.489 e. The van der Waals surface area contributed by atoms with Gasteiger partial charge in [-0.3, -0.25) is 0 Å². The summed E-state index contributed by atoms with van der Waals surface area (Å²) in [6, 6.07) is 18.3. The van der Waals surface area contributed by atoms with Crippen molar-refractivity contribution >= 4 is 7.28 Å². The molecule has 0 N–H and O–H groups in total. The van der Waals surface area contributed by atoms with Gasteiger partial charge >= 0.3 is 0 Å². The average Bonchev–Trinajstić information content (AvgIpc) is 2.48. The first-order chi connectivity index (χ1) is 9.78. The normalized spacial score (nSPS) is 11.4. The maximum absolute atomic E-state index is 8.67. The lowest BCUT2D eigenvalue weighted by molar-refractivity contribution is 0.306. The predicted molar refractivity (Wildman–Crippen MR) is 83.1 cm³/mol. The zero-order valence-corrected chi connectivity index (χ0v) is 11.8. The summed E-state index contributed by atoms with van der Waals surface area (Å²) in [6.07, 6.45) is 0.937. The average molecular weight is 263 g/mol. The Labute approximate surface area is 121 Å². The summed E-state index contributed by atoms with van der Waals surface area (Å²) in [7, 11) is 0.603. The molecule has 0 amide bonds. The van der Waals surface area contributed by atoms with Crippen LogP contribution >= 0.6 is 0 Å². The molecule has 0 aliphatic rings. The zero-order valence-electron chi connectivity index (χ0n) is 11.8. The van der Waals surface area contributed by atoms with Gasteiger partial charge in [-0.05, 0) is 41.5 Å². The third kappa shape index (κ3) is 4.48. The van der Waals surface area contributed by atoms with Crippen LogP contribution in [0.5, 0.6) is 5.75 Å². The van der Waals surface area contributed by atoms with Crippen LogP contribution in [0.2, 0.25) is 5.82 Å². The van der Waals surface area contributed by atoms with Crippen molar-refractivity contribution in [2.24, 2.45) is 0 Å². The van der Waals surface area contributed by atoms with E-state index in [-0.39, 0.29) is 0 Å². The lowest BCUT2D eigenvalue weighted by Crippen LogP contribution is -2.01. The Morgan fingerprint density at radius 3 is 2.40 bits per heavy atom. The monoisotopic (exact) mass is 263 g/mol. The van der Waals surface area contributed by atoms with Gasteiger partial charge in [-0.1, -0.05) is 49.4 Å². The molecule has 3 heteroatoms. The number of nitrogens with zero attached hydrogens (tertiary/aromatic N) is 1. The first-order valence-corrected chi connectivity index (χ1v) is 6.90. The van der Waals surface area contributed by atoms with Crippen LogP contribution in [-0.4, -0.2) is 7.28 Å². The van der Waals surface area contributed by atoms with Crippen molar-refractivity contribution < 1.29 is 4.74 Å². The summed E-state index contributed by atoms with van der Waals surface area (Å²) in [5.74, 6) is 3.49. The van der Waals surface area contributed by atoms with Crippen molar-refractivity contribution in [2.75, 3.05) is 0 Å². The topological polar surface area (TPSA) is 33.0 Å². The van der Waals surface area contributed by atoms with E-state index in [4.69, 9.17) is 10.00 Å². The van der Waals surface area contributed by atoms with Gasteiger partial charge in [0.05, 0.1) is 0 Å². The van der Waals surface area contributed by atoms with Gasteiger partial charge in [0.1, 0.15) is 12.4 Å². The second kappa shape index (κ2) is 7.40. The van der Waals surface area contributed by atoms with E-state index in [1.54, 1.807) is 0 Å². The van der Waals surface area contributed by atoms with Gasteiger partial charge in [-0.2, -0.15) is 0 Å². The number of benzene rings is 2. The van der Waals surface area contributed by atoms with Gasteiger partial charge in [-0.25, -0.2) is 5.26 Å². The van der Waals surface area contributed by atoms with Crippen LogP contribution in [0.25, 0.3) is 0 Å². The minimum Gasteiger partial charge on any atom is -0.489 e. The first kappa shape index (κ1) is 14.2. The lowest BCUT2D eigenvalue weighted by atomic mass is 9.65. The van der Waals surface area contributed by atoms with E-state index in [1.165, 1.54) is 11.1 Å². The van der Waals surface area contributed by atoms with E-state index in [0.29, 0.717) is 19.7 Å². The third-order valence-electron chi connectivity index (χ3n) is 3.20. The van der Waals surface area contributed by atoms with E-state index in [9.17, 15) is 0 Å². The molecule has 0 saturated carbocycles. The Morgan fingerprint density at radius 1 is 1.05 bits per heavy atom. The van der Waals surface area contributed by atoms with Crippen molar-refractivity contribution in [3.63, 3.8) is 0 Å². The number of hydrogen-bond donors (Lipinski definition) is 0. The summed E-state index contributed by atoms with van der Waals surface area (Å²) < 4.78 is 5.75. The molecule has 0 radical (unpaired) electrons. The molecular formula is C17H18BNO. The molecule has 0 aliphatic heterocycles. The van der Waals surface area contributed by atoms with Gasteiger partial charge in [0.15, 0.2) is 0 Å². The Kier molecular flexibility index (Phi) is 5.26. The fourth-order valence-electron chi connectivity index (χ4n) is 2.09. The molecule has 2 nitrogen and oxygen atoms in total. The molecule has 0 fully saturated rings. The molecule has 1 unspecified atom stereocenters. The van der Waals surface area contributed by atoms with Gasteiger partial charge in [0, 0.05) is 0 Å². The molecule has 0 bridgehead atoms. The molecule has 0 aliphatic carbocycles. The number of nitriles is 1. The summed E-state index contributed by atoms with van der Waals surface area (Å²) in [5, 5.41) is 8.67. The molecular weight excluding hydrogens is 245 g/mol. The van der Waals surface area contributed by atoms with Crippen molar-refractivity contribution in [3.8, 4) is 11.7 Å².